The Hall–Kier alpha value is -2.98. The molecule has 0 radical (unpaired) electrons. The third-order valence-electron chi connectivity index (χ3n) is 7.67. The zero-order valence-corrected chi connectivity index (χ0v) is 22.7. The molecule has 1 fully saturated rings. The van der Waals surface area contributed by atoms with Crippen LogP contribution in [0.25, 0.3) is 5.70 Å². The predicted octanol–water partition coefficient (Wildman–Crippen LogP) is 2.65. The number of nitrogens with one attached hydrogen (secondary N) is 1. The second-order valence-electron chi connectivity index (χ2n) is 10.5. The number of rotatable bonds is 11. The summed E-state index contributed by atoms with van der Waals surface area (Å²) in [6.45, 7) is 5.04. The Bertz CT molecular complexity index is 1050. The molecule has 1 aromatic rings. The maximum atomic E-state index is 13.8. The van der Waals surface area contributed by atoms with Gasteiger partial charge in [-0.05, 0) is 71.4 Å². The number of carbonyl (C=O) groups excluding carboxylic acids is 2. The van der Waals surface area contributed by atoms with E-state index in [1.54, 1.807) is 13.1 Å². The van der Waals surface area contributed by atoms with E-state index in [4.69, 9.17) is 22.0 Å². The van der Waals surface area contributed by atoms with Crippen LogP contribution < -0.4 is 27.4 Å². The topological polar surface area (TPSA) is 162 Å². The van der Waals surface area contributed by atoms with Crippen LogP contribution in [0.2, 0.25) is 0 Å². The highest BCUT2D eigenvalue weighted by atomic mass is 16.5. The number of aromatic nitrogens is 2. The molecule has 1 unspecified atom stereocenters. The minimum atomic E-state index is -0.739. The first-order valence-electron chi connectivity index (χ1n) is 13.3. The van der Waals surface area contributed by atoms with Crippen LogP contribution in [0.5, 0.6) is 5.88 Å². The summed E-state index contributed by atoms with van der Waals surface area (Å²) in [6.07, 6.45) is 8.24. The zero-order valence-electron chi connectivity index (χ0n) is 22.7. The van der Waals surface area contributed by atoms with Gasteiger partial charge in [0.25, 0.3) is 0 Å². The fourth-order valence-electron chi connectivity index (χ4n) is 5.30. The third-order valence-corrected chi connectivity index (χ3v) is 7.67. The Labute approximate surface area is 220 Å². The Balaban J connectivity index is 1.97. The number of hydrazine groups is 1. The van der Waals surface area contributed by atoms with E-state index in [1.807, 2.05) is 14.0 Å². The van der Waals surface area contributed by atoms with Gasteiger partial charge in [-0.3, -0.25) is 9.59 Å². The summed E-state index contributed by atoms with van der Waals surface area (Å²) in [6, 6.07) is 1.62. The van der Waals surface area contributed by atoms with E-state index in [0.717, 1.165) is 38.6 Å². The standard InChI is InChI=1S/C27H43N7O3/c1-17(9-8-14-31-3)18(2)37-23-15-21(20(28)16-34(4)30)32-26(33-23)24(36)19-10-7-13-27(25(19)29)12-6-5-11-22(27)35/h15-18,31H,5-14,28-30H2,1-4H3/b20-16-/t17?,18-,27+/m0/s1. The number of ketones is 2. The molecule has 1 aromatic heterocycles. The number of allylic oxidation sites excluding steroid dienone is 2. The molecule has 2 aliphatic carbocycles. The number of hydrogen-bond donors (Lipinski definition) is 4. The molecule has 10 heteroatoms. The van der Waals surface area contributed by atoms with E-state index >= 15 is 0 Å². The highest BCUT2D eigenvalue weighted by Crippen LogP contribution is 2.47. The van der Waals surface area contributed by atoms with Gasteiger partial charge in [0.05, 0.1) is 16.8 Å². The van der Waals surface area contributed by atoms with Gasteiger partial charge in [-0.1, -0.05) is 13.3 Å². The number of Topliss-reactive ketones (excluding diaryl/α,β-unsaturated/α-hetero) is 2. The first-order valence-corrected chi connectivity index (χ1v) is 13.3. The highest BCUT2D eigenvalue weighted by Gasteiger charge is 2.46. The fraction of sp³-hybridized carbons (Fsp3) is 0.630. The van der Waals surface area contributed by atoms with Crippen molar-refractivity contribution in [2.24, 2.45) is 28.6 Å². The Kier molecular flexibility index (Phi) is 9.67. The first kappa shape index (κ1) is 28.6. The van der Waals surface area contributed by atoms with Crippen molar-refractivity contribution in [2.75, 3.05) is 20.6 Å². The van der Waals surface area contributed by atoms with E-state index in [9.17, 15) is 9.59 Å². The third kappa shape index (κ3) is 6.67. The van der Waals surface area contributed by atoms with Crippen LogP contribution in [-0.4, -0.2) is 53.3 Å². The van der Waals surface area contributed by atoms with Crippen molar-refractivity contribution >= 4 is 17.3 Å². The first-order chi connectivity index (χ1) is 17.6. The largest absolute Gasteiger partial charge is 0.474 e. The van der Waals surface area contributed by atoms with Crippen LogP contribution in [0, 0.1) is 11.3 Å². The molecule has 1 spiro atoms. The lowest BCUT2D eigenvalue weighted by Gasteiger charge is -2.40. The molecule has 3 atom stereocenters. The van der Waals surface area contributed by atoms with Crippen LogP contribution in [0.4, 0.5) is 0 Å². The molecule has 2 aliphatic rings. The lowest BCUT2D eigenvalue weighted by molar-refractivity contribution is -0.129. The summed E-state index contributed by atoms with van der Waals surface area (Å²) in [7, 11) is 3.57. The molecule has 7 N–H and O–H groups in total. The summed E-state index contributed by atoms with van der Waals surface area (Å²) in [5, 5.41) is 4.47. The van der Waals surface area contributed by atoms with Gasteiger partial charge < -0.3 is 26.5 Å². The van der Waals surface area contributed by atoms with Crippen LogP contribution in [-0.2, 0) is 4.79 Å². The quantitative estimate of drug-likeness (QED) is 0.150. The maximum absolute atomic E-state index is 13.8. The SMILES string of the molecule is CNCCCC(C)[C@H](C)Oc1cc(/C(N)=C/N(C)N)nc(C(=O)C2=C(N)[C@]3(CCCCC3=O)CCC2)n1. The molecule has 10 nitrogen and oxygen atoms in total. The summed E-state index contributed by atoms with van der Waals surface area (Å²) in [5.74, 6) is 5.98. The summed E-state index contributed by atoms with van der Waals surface area (Å²) < 4.78 is 6.18. The number of nitrogens with zero attached hydrogens (tertiary/aromatic N) is 3. The lowest BCUT2D eigenvalue weighted by atomic mass is 9.64. The van der Waals surface area contributed by atoms with Crippen LogP contribution in [0.1, 0.15) is 87.9 Å². The zero-order chi connectivity index (χ0) is 27.2. The molecular formula is C27H43N7O3. The van der Waals surface area contributed by atoms with Crippen molar-refractivity contribution in [1.82, 2.24) is 20.3 Å². The highest BCUT2D eigenvalue weighted by molar-refractivity contribution is 6.08. The van der Waals surface area contributed by atoms with Crippen LogP contribution >= 0.6 is 0 Å². The molecular weight excluding hydrogens is 470 g/mol. The molecule has 1 heterocycles. The molecule has 204 valence electrons. The van der Waals surface area contributed by atoms with Gasteiger partial charge in [0.2, 0.25) is 17.5 Å². The average Bonchev–Trinajstić information content (AvgIpc) is 2.86. The van der Waals surface area contributed by atoms with Gasteiger partial charge >= 0.3 is 0 Å². The molecule has 0 saturated heterocycles. The summed E-state index contributed by atoms with van der Waals surface area (Å²) in [5.41, 5.74) is 13.5. The van der Waals surface area contributed by atoms with Crippen molar-refractivity contribution in [3.8, 4) is 5.88 Å². The smallest absolute Gasteiger partial charge is 0.228 e. The van der Waals surface area contributed by atoms with Crippen molar-refractivity contribution in [2.45, 2.75) is 77.7 Å². The number of nitrogens with two attached hydrogens (primary N) is 3. The van der Waals surface area contributed by atoms with Gasteiger partial charge in [-0.15, -0.1) is 0 Å². The summed E-state index contributed by atoms with van der Waals surface area (Å²) in [4.78, 5) is 35.6. The second-order valence-corrected chi connectivity index (χ2v) is 10.5. The van der Waals surface area contributed by atoms with E-state index in [0.29, 0.717) is 42.6 Å². The molecule has 1 saturated carbocycles. The van der Waals surface area contributed by atoms with Gasteiger partial charge in [0, 0.05) is 37.0 Å². The average molecular weight is 514 g/mol. The normalized spacial score (nSPS) is 22.2. The predicted molar refractivity (Wildman–Crippen MR) is 144 cm³/mol. The Morgan fingerprint density at radius 2 is 1.97 bits per heavy atom. The Morgan fingerprint density at radius 3 is 2.65 bits per heavy atom. The van der Waals surface area contributed by atoms with Crippen LogP contribution in [0.3, 0.4) is 0 Å². The molecule has 37 heavy (non-hydrogen) atoms. The molecule has 0 aliphatic heterocycles. The molecule has 0 amide bonds. The summed E-state index contributed by atoms with van der Waals surface area (Å²) >= 11 is 0. The van der Waals surface area contributed by atoms with E-state index in [-0.39, 0.29) is 41.0 Å². The molecule has 0 aromatic carbocycles. The van der Waals surface area contributed by atoms with Crippen molar-refractivity contribution in [3.05, 3.63) is 35.1 Å². The van der Waals surface area contributed by atoms with Crippen molar-refractivity contribution in [3.63, 3.8) is 0 Å². The van der Waals surface area contributed by atoms with Gasteiger partial charge in [-0.25, -0.2) is 10.8 Å². The molecule has 3 rings (SSSR count). The van der Waals surface area contributed by atoms with Gasteiger partial charge in [-0.2, -0.15) is 4.98 Å². The number of hydrogen-bond acceptors (Lipinski definition) is 10. The van der Waals surface area contributed by atoms with Gasteiger partial charge in [0.1, 0.15) is 11.9 Å². The minimum Gasteiger partial charge on any atom is -0.474 e. The van der Waals surface area contributed by atoms with E-state index in [2.05, 4.69) is 22.2 Å². The van der Waals surface area contributed by atoms with Gasteiger partial charge in [0.15, 0.2) is 0 Å². The fourth-order valence-corrected chi connectivity index (χ4v) is 5.30. The second kappa shape index (κ2) is 12.5. The minimum absolute atomic E-state index is 0.0446. The number of ether oxygens (including phenoxy) is 1. The van der Waals surface area contributed by atoms with Crippen molar-refractivity contribution in [1.29, 1.82) is 0 Å². The number of carbonyl (C=O) groups is 2. The maximum Gasteiger partial charge on any atom is 0.228 e. The van der Waals surface area contributed by atoms with Crippen molar-refractivity contribution < 1.29 is 14.3 Å². The molecule has 0 bridgehead atoms. The Morgan fingerprint density at radius 1 is 1.24 bits per heavy atom. The van der Waals surface area contributed by atoms with E-state index < -0.39 is 5.41 Å². The lowest BCUT2D eigenvalue weighted by Crippen LogP contribution is -2.42. The monoisotopic (exact) mass is 513 g/mol. The van der Waals surface area contributed by atoms with E-state index in [1.165, 1.54) is 11.2 Å². The van der Waals surface area contributed by atoms with Crippen LogP contribution in [0.15, 0.2) is 23.5 Å².